The largest absolute Gasteiger partial charge is 0.384 e. The Hall–Kier alpha value is -2.43. The molecule has 3 N–H and O–H groups in total. The highest BCUT2D eigenvalue weighted by Gasteiger charge is 2.03. The predicted molar refractivity (Wildman–Crippen MR) is 70.9 cm³/mol. The van der Waals surface area contributed by atoms with Crippen LogP contribution in [0.5, 0.6) is 0 Å². The lowest BCUT2D eigenvalue weighted by molar-refractivity contribution is 0.101. The van der Waals surface area contributed by atoms with Crippen molar-refractivity contribution in [3.05, 3.63) is 41.7 Å². The van der Waals surface area contributed by atoms with Gasteiger partial charge in [0.05, 0.1) is 0 Å². The molecule has 5 nitrogen and oxygen atoms in total. The van der Waals surface area contributed by atoms with Crippen LogP contribution in [0.1, 0.15) is 23.1 Å². The molecule has 0 saturated carbocycles. The number of anilines is 3. The summed E-state index contributed by atoms with van der Waals surface area (Å²) < 4.78 is 0. The van der Waals surface area contributed by atoms with Crippen LogP contribution in [0.3, 0.4) is 0 Å². The van der Waals surface area contributed by atoms with Crippen LogP contribution in [0.4, 0.5) is 17.3 Å². The Morgan fingerprint density at radius 3 is 2.72 bits per heavy atom. The van der Waals surface area contributed by atoms with Crippen LogP contribution < -0.4 is 11.1 Å². The SMILES string of the molecule is CC(=O)c1cccc(Nc2cc(N)nc(C)n2)c1. The number of nitrogens with one attached hydrogen (secondary N) is 1. The number of nitrogens with two attached hydrogens (primary N) is 1. The van der Waals surface area contributed by atoms with E-state index >= 15 is 0 Å². The van der Waals surface area contributed by atoms with Crippen molar-refractivity contribution in [2.75, 3.05) is 11.1 Å². The van der Waals surface area contributed by atoms with Gasteiger partial charge in [-0.1, -0.05) is 12.1 Å². The maximum atomic E-state index is 11.3. The monoisotopic (exact) mass is 242 g/mol. The van der Waals surface area contributed by atoms with Gasteiger partial charge in [0.2, 0.25) is 0 Å². The molecule has 1 heterocycles. The van der Waals surface area contributed by atoms with Crippen molar-refractivity contribution in [2.24, 2.45) is 0 Å². The van der Waals surface area contributed by atoms with Gasteiger partial charge in [0.1, 0.15) is 17.5 Å². The Morgan fingerprint density at radius 2 is 2.06 bits per heavy atom. The zero-order valence-corrected chi connectivity index (χ0v) is 10.3. The first-order chi connectivity index (χ1) is 8.54. The molecule has 0 unspecified atom stereocenters. The fourth-order valence-corrected chi connectivity index (χ4v) is 1.62. The molecular weight excluding hydrogens is 228 g/mol. The average molecular weight is 242 g/mol. The van der Waals surface area contributed by atoms with Crippen molar-refractivity contribution in [1.29, 1.82) is 0 Å². The Bertz CT molecular complexity index is 575. The van der Waals surface area contributed by atoms with E-state index in [1.165, 1.54) is 6.92 Å². The number of carbonyl (C=O) groups excluding carboxylic acids is 1. The molecule has 0 aliphatic rings. The van der Waals surface area contributed by atoms with E-state index < -0.39 is 0 Å². The number of hydrogen-bond donors (Lipinski definition) is 2. The van der Waals surface area contributed by atoms with Gasteiger partial charge >= 0.3 is 0 Å². The number of carbonyl (C=O) groups is 1. The normalized spacial score (nSPS) is 10.1. The highest BCUT2D eigenvalue weighted by atomic mass is 16.1. The number of nitrogen functional groups attached to an aromatic ring is 1. The van der Waals surface area contributed by atoms with Crippen LogP contribution in [-0.2, 0) is 0 Å². The maximum Gasteiger partial charge on any atom is 0.159 e. The summed E-state index contributed by atoms with van der Waals surface area (Å²) >= 11 is 0. The summed E-state index contributed by atoms with van der Waals surface area (Å²) in [4.78, 5) is 19.5. The second-order valence-corrected chi connectivity index (χ2v) is 3.99. The van der Waals surface area contributed by atoms with Gasteiger partial charge in [0, 0.05) is 17.3 Å². The van der Waals surface area contributed by atoms with Gasteiger partial charge in [-0.2, -0.15) is 0 Å². The van der Waals surface area contributed by atoms with Crippen LogP contribution in [0.2, 0.25) is 0 Å². The van der Waals surface area contributed by atoms with E-state index in [-0.39, 0.29) is 5.78 Å². The first kappa shape index (κ1) is 12.0. The lowest BCUT2D eigenvalue weighted by Crippen LogP contribution is -2.01. The minimum atomic E-state index is 0.0250. The third-order valence-corrected chi connectivity index (χ3v) is 2.40. The Labute approximate surface area is 105 Å². The van der Waals surface area contributed by atoms with E-state index in [0.29, 0.717) is 23.0 Å². The number of aromatic nitrogens is 2. The number of benzene rings is 1. The number of aryl methyl sites for hydroxylation is 1. The van der Waals surface area contributed by atoms with Crippen molar-refractivity contribution >= 4 is 23.1 Å². The molecule has 0 bridgehead atoms. The van der Waals surface area contributed by atoms with Gasteiger partial charge in [-0.15, -0.1) is 0 Å². The van der Waals surface area contributed by atoms with Crippen molar-refractivity contribution in [3.63, 3.8) is 0 Å². The lowest BCUT2D eigenvalue weighted by atomic mass is 10.1. The van der Waals surface area contributed by atoms with Crippen molar-refractivity contribution in [1.82, 2.24) is 9.97 Å². The third kappa shape index (κ3) is 2.82. The summed E-state index contributed by atoms with van der Waals surface area (Å²) in [7, 11) is 0. The van der Waals surface area contributed by atoms with Crippen LogP contribution in [0.15, 0.2) is 30.3 Å². The van der Waals surface area contributed by atoms with Gasteiger partial charge < -0.3 is 11.1 Å². The molecule has 5 heteroatoms. The summed E-state index contributed by atoms with van der Waals surface area (Å²) in [5.74, 6) is 1.64. The van der Waals surface area contributed by atoms with E-state index in [1.807, 2.05) is 12.1 Å². The topological polar surface area (TPSA) is 80.9 Å². The average Bonchev–Trinajstić information content (AvgIpc) is 2.27. The van der Waals surface area contributed by atoms with E-state index in [0.717, 1.165) is 5.69 Å². The molecule has 0 aliphatic heterocycles. The van der Waals surface area contributed by atoms with Crippen LogP contribution in [-0.4, -0.2) is 15.8 Å². The molecule has 2 aromatic rings. The summed E-state index contributed by atoms with van der Waals surface area (Å²) in [5.41, 5.74) is 7.09. The maximum absolute atomic E-state index is 11.3. The predicted octanol–water partition coefficient (Wildman–Crippen LogP) is 2.31. The minimum Gasteiger partial charge on any atom is -0.384 e. The van der Waals surface area contributed by atoms with Crippen LogP contribution in [0.25, 0.3) is 0 Å². The zero-order chi connectivity index (χ0) is 13.1. The highest BCUT2D eigenvalue weighted by Crippen LogP contribution is 2.17. The smallest absolute Gasteiger partial charge is 0.159 e. The van der Waals surface area contributed by atoms with Gasteiger partial charge in [-0.3, -0.25) is 4.79 Å². The zero-order valence-electron chi connectivity index (χ0n) is 10.3. The van der Waals surface area contributed by atoms with Crippen molar-refractivity contribution in [3.8, 4) is 0 Å². The molecule has 2 rings (SSSR count). The number of ketones is 1. The Kier molecular flexibility index (Phi) is 3.23. The highest BCUT2D eigenvalue weighted by molar-refractivity contribution is 5.95. The lowest BCUT2D eigenvalue weighted by Gasteiger charge is -2.07. The molecule has 0 fully saturated rings. The fraction of sp³-hybridized carbons (Fsp3) is 0.154. The summed E-state index contributed by atoms with van der Waals surface area (Å²) in [6.07, 6.45) is 0. The molecule has 0 spiro atoms. The molecular formula is C13H14N4O. The van der Waals surface area contributed by atoms with Crippen molar-refractivity contribution < 1.29 is 4.79 Å². The summed E-state index contributed by atoms with van der Waals surface area (Å²) in [5, 5.41) is 3.10. The molecule has 0 amide bonds. The molecule has 1 aromatic carbocycles. The Morgan fingerprint density at radius 1 is 1.28 bits per heavy atom. The number of hydrogen-bond acceptors (Lipinski definition) is 5. The van der Waals surface area contributed by atoms with E-state index in [4.69, 9.17) is 5.73 Å². The summed E-state index contributed by atoms with van der Waals surface area (Å²) in [6.45, 7) is 3.31. The molecule has 0 aliphatic carbocycles. The van der Waals surface area contributed by atoms with Gasteiger partial charge in [0.15, 0.2) is 5.78 Å². The molecule has 0 saturated heterocycles. The summed E-state index contributed by atoms with van der Waals surface area (Å²) in [6, 6.07) is 8.87. The standard InChI is InChI=1S/C13H14N4O/c1-8(18)10-4-3-5-11(6-10)17-13-7-12(14)15-9(2)16-13/h3-7H,1-2H3,(H3,14,15,16,17). The van der Waals surface area contributed by atoms with Crippen LogP contribution >= 0.6 is 0 Å². The molecule has 0 atom stereocenters. The van der Waals surface area contributed by atoms with Gasteiger partial charge in [-0.25, -0.2) is 9.97 Å². The third-order valence-electron chi connectivity index (χ3n) is 2.40. The van der Waals surface area contributed by atoms with Crippen LogP contribution in [0, 0.1) is 6.92 Å². The Balaban J connectivity index is 2.28. The molecule has 92 valence electrons. The first-order valence-electron chi connectivity index (χ1n) is 5.54. The quantitative estimate of drug-likeness (QED) is 0.807. The number of rotatable bonds is 3. The van der Waals surface area contributed by atoms with Gasteiger partial charge in [-0.05, 0) is 26.0 Å². The second kappa shape index (κ2) is 4.83. The molecule has 1 aromatic heterocycles. The van der Waals surface area contributed by atoms with E-state index in [2.05, 4.69) is 15.3 Å². The number of Topliss-reactive ketones (excluding diaryl/α,β-unsaturated/α-hetero) is 1. The van der Waals surface area contributed by atoms with E-state index in [9.17, 15) is 4.79 Å². The second-order valence-electron chi connectivity index (χ2n) is 3.99. The van der Waals surface area contributed by atoms with E-state index in [1.54, 1.807) is 25.1 Å². The molecule has 18 heavy (non-hydrogen) atoms. The van der Waals surface area contributed by atoms with Gasteiger partial charge in [0.25, 0.3) is 0 Å². The number of nitrogens with zero attached hydrogens (tertiary/aromatic N) is 2. The van der Waals surface area contributed by atoms with Crippen molar-refractivity contribution in [2.45, 2.75) is 13.8 Å². The minimum absolute atomic E-state index is 0.0250. The fourth-order valence-electron chi connectivity index (χ4n) is 1.62. The molecule has 0 radical (unpaired) electrons. The first-order valence-corrected chi connectivity index (χ1v) is 5.54.